The number of alkyl halides is 3. The molecule has 306 valence electrons. The van der Waals surface area contributed by atoms with E-state index in [0.717, 1.165) is 27.6 Å². The van der Waals surface area contributed by atoms with Gasteiger partial charge in [0.1, 0.15) is 11.6 Å². The number of hydrogen-bond donors (Lipinski definition) is 0. The van der Waals surface area contributed by atoms with Crippen molar-refractivity contribution in [3.05, 3.63) is 208 Å². The Hall–Kier alpha value is -9.91. The second-order valence-corrected chi connectivity index (χ2v) is 15.4. The largest absolute Gasteiger partial charge is 0.415 e. The van der Waals surface area contributed by atoms with Crippen LogP contribution in [0.25, 0.3) is 103 Å². The topological polar surface area (TPSA) is 94.3 Å². The first-order valence-electron chi connectivity index (χ1n) is 20.2. The zero-order valence-electron chi connectivity index (χ0n) is 34.1. The van der Waals surface area contributed by atoms with E-state index in [2.05, 4.69) is 32.7 Å². The number of hydrogen-bond acceptors (Lipinski definition) is 3. The minimum atomic E-state index is -4.85. The van der Waals surface area contributed by atoms with Crippen LogP contribution in [-0.4, -0.2) is 9.13 Å². The van der Waals surface area contributed by atoms with Gasteiger partial charge in [0.25, 0.3) is 0 Å². The quantitative estimate of drug-likeness (QED) is 0.161. The Morgan fingerprint density at radius 2 is 1.05 bits per heavy atom. The summed E-state index contributed by atoms with van der Waals surface area (Å²) >= 11 is 0. The summed E-state index contributed by atoms with van der Waals surface area (Å²) in [6.07, 6.45) is -4.85. The molecule has 66 heavy (non-hydrogen) atoms. The maximum atomic E-state index is 15.1. The van der Waals surface area contributed by atoms with E-state index >= 15 is 13.2 Å². The number of fused-ring (bicyclic) bond motifs is 6. The van der Waals surface area contributed by atoms with Crippen LogP contribution in [0, 0.1) is 53.7 Å². The third-order valence-electron chi connectivity index (χ3n) is 11.9. The van der Waals surface area contributed by atoms with Crippen LogP contribution >= 0.6 is 0 Å². The molecule has 0 aliphatic carbocycles. The van der Waals surface area contributed by atoms with Crippen LogP contribution in [0.5, 0.6) is 0 Å². The second kappa shape index (κ2) is 15.5. The fourth-order valence-corrected chi connectivity index (χ4v) is 9.08. The lowest BCUT2D eigenvalue weighted by molar-refractivity contribution is -0.137. The zero-order valence-corrected chi connectivity index (χ0v) is 34.1. The monoisotopic (exact) mass is 854 g/mol. The fraction of sp³-hybridized carbons (Fsp3) is 0.0182. The van der Waals surface area contributed by atoms with Gasteiger partial charge in [-0.1, -0.05) is 84.9 Å². The molecule has 8 nitrogen and oxygen atoms in total. The van der Waals surface area contributed by atoms with Crippen LogP contribution in [-0.2, 0) is 6.18 Å². The summed E-state index contributed by atoms with van der Waals surface area (Å²) in [5.41, 5.74) is 5.58. The Labute approximate surface area is 374 Å². The van der Waals surface area contributed by atoms with Gasteiger partial charge in [-0.15, -0.1) is 0 Å². The molecule has 0 aliphatic rings. The van der Waals surface area contributed by atoms with Crippen molar-refractivity contribution in [1.29, 1.82) is 15.8 Å². The first kappa shape index (κ1) is 40.2. The summed E-state index contributed by atoms with van der Waals surface area (Å²) in [5.74, 6) is 0. The SMILES string of the molecule is [C-]#[N+]c1ccc(-c2ccc3c(c2)c2ccccc2n3-c2cc(-c3c([N+]#[C-])cccc3C(F)(F)F)cc(-n3c4ccccc4c4cc(-c5ccc(C#N)cc5[N+]#[C-])ccc43)c2C#N)c(C#N)c1. The minimum absolute atomic E-state index is 0.0564. The highest BCUT2D eigenvalue weighted by Gasteiger charge is 2.35. The standard InChI is InChI=1S/C55H25F3N8/c1-62-37-18-20-38(36(24-37)30-60)33-16-21-50-42(25-33)40-9-4-6-13-48(40)65(50)52-27-35(54-45(55(56,57)58)11-8-12-46(54)63-2)28-53(44(52)31-61)66-49-14-7-5-10-41(49)43-26-34(17-22-51(43)66)39-19-15-32(29-59)23-47(39)64-3/h4-28H. The van der Waals surface area contributed by atoms with E-state index in [1.165, 1.54) is 24.3 Å². The molecule has 0 aliphatic heterocycles. The number of benzene rings is 8. The van der Waals surface area contributed by atoms with E-state index in [0.29, 0.717) is 66.8 Å². The van der Waals surface area contributed by atoms with Crippen molar-refractivity contribution < 1.29 is 13.2 Å². The highest BCUT2D eigenvalue weighted by molar-refractivity contribution is 6.13. The van der Waals surface area contributed by atoms with Gasteiger partial charge < -0.3 is 9.13 Å². The lowest BCUT2D eigenvalue weighted by Gasteiger charge is -2.21. The van der Waals surface area contributed by atoms with Crippen molar-refractivity contribution >= 4 is 60.7 Å². The number of aromatic nitrogens is 2. The van der Waals surface area contributed by atoms with Gasteiger partial charge in [0, 0.05) is 32.7 Å². The van der Waals surface area contributed by atoms with Crippen LogP contribution in [0.4, 0.5) is 30.2 Å². The molecule has 11 heteroatoms. The molecule has 0 amide bonds. The van der Waals surface area contributed by atoms with E-state index in [-0.39, 0.29) is 33.8 Å². The molecule has 10 rings (SSSR count). The van der Waals surface area contributed by atoms with Gasteiger partial charge in [0.2, 0.25) is 0 Å². The zero-order chi connectivity index (χ0) is 45.9. The summed E-state index contributed by atoms with van der Waals surface area (Å²) in [5, 5.41) is 34.0. The maximum Gasteiger partial charge on any atom is 0.415 e. The van der Waals surface area contributed by atoms with Gasteiger partial charge in [0.05, 0.1) is 70.9 Å². The first-order chi connectivity index (χ1) is 32.1. The number of para-hydroxylation sites is 2. The van der Waals surface area contributed by atoms with Crippen molar-refractivity contribution in [2.75, 3.05) is 0 Å². The molecule has 0 saturated heterocycles. The average molecular weight is 855 g/mol. The number of nitriles is 3. The Bertz CT molecular complexity index is 3800. The van der Waals surface area contributed by atoms with Crippen molar-refractivity contribution in [1.82, 2.24) is 9.13 Å². The van der Waals surface area contributed by atoms with E-state index in [1.54, 1.807) is 36.4 Å². The van der Waals surface area contributed by atoms with Gasteiger partial charge in [-0.25, -0.2) is 14.5 Å². The lowest BCUT2D eigenvalue weighted by Crippen LogP contribution is -2.09. The fourth-order valence-electron chi connectivity index (χ4n) is 9.08. The summed E-state index contributed by atoms with van der Waals surface area (Å²) in [7, 11) is 0. The van der Waals surface area contributed by atoms with Crippen molar-refractivity contribution in [2.24, 2.45) is 0 Å². The van der Waals surface area contributed by atoms with Crippen LogP contribution in [0.2, 0.25) is 0 Å². The molecule has 8 aromatic carbocycles. The molecular weight excluding hydrogens is 830 g/mol. The van der Waals surface area contributed by atoms with Gasteiger partial charge in [-0.3, -0.25) is 0 Å². The van der Waals surface area contributed by atoms with Crippen molar-refractivity contribution in [2.45, 2.75) is 6.18 Å². The molecule has 0 unspecified atom stereocenters. The Morgan fingerprint density at radius 1 is 0.470 bits per heavy atom. The van der Waals surface area contributed by atoms with Crippen LogP contribution in [0.1, 0.15) is 22.3 Å². The van der Waals surface area contributed by atoms with E-state index < -0.39 is 11.7 Å². The Balaban J connectivity index is 1.32. The van der Waals surface area contributed by atoms with Crippen LogP contribution in [0.3, 0.4) is 0 Å². The molecular formula is C55H25F3N8. The van der Waals surface area contributed by atoms with Crippen molar-refractivity contribution in [3.8, 4) is 63.0 Å². The van der Waals surface area contributed by atoms with Crippen molar-refractivity contribution in [3.63, 3.8) is 0 Å². The molecule has 0 atom stereocenters. The molecule has 0 fully saturated rings. The van der Waals surface area contributed by atoms with E-state index in [9.17, 15) is 15.8 Å². The molecule has 2 aromatic heterocycles. The smallest absolute Gasteiger partial charge is 0.308 e. The van der Waals surface area contributed by atoms with Gasteiger partial charge in [0.15, 0.2) is 17.1 Å². The highest BCUT2D eigenvalue weighted by Crippen LogP contribution is 2.47. The lowest BCUT2D eigenvalue weighted by atomic mass is 9.94. The number of halogens is 3. The van der Waals surface area contributed by atoms with Crippen LogP contribution < -0.4 is 0 Å². The molecule has 2 heterocycles. The molecule has 0 bridgehead atoms. The minimum Gasteiger partial charge on any atom is -0.308 e. The van der Waals surface area contributed by atoms with Gasteiger partial charge in [-0.05, 0) is 100 Å². The summed E-state index contributed by atoms with van der Waals surface area (Å²) in [6, 6.07) is 49.3. The van der Waals surface area contributed by atoms with Gasteiger partial charge >= 0.3 is 6.18 Å². The maximum absolute atomic E-state index is 15.1. The third kappa shape index (κ3) is 6.26. The number of nitrogens with zero attached hydrogens (tertiary/aromatic N) is 8. The Kier molecular flexibility index (Phi) is 9.41. The predicted molar refractivity (Wildman–Crippen MR) is 249 cm³/mol. The molecule has 0 radical (unpaired) electrons. The third-order valence-corrected chi connectivity index (χ3v) is 11.9. The molecule has 10 aromatic rings. The Morgan fingerprint density at radius 3 is 1.59 bits per heavy atom. The molecule has 0 N–H and O–H groups in total. The highest BCUT2D eigenvalue weighted by atomic mass is 19.4. The summed E-state index contributed by atoms with van der Waals surface area (Å²) < 4.78 is 49.0. The van der Waals surface area contributed by atoms with Gasteiger partial charge in [-0.2, -0.15) is 29.0 Å². The first-order valence-corrected chi connectivity index (χ1v) is 20.2. The van der Waals surface area contributed by atoms with E-state index in [1.807, 2.05) is 94.1 Å². The van der Waals surface area contributed by atoms with E-state index in [4.69, 9.17) is 19.7 Å². The molecule has 0 spiro atoms. The summed E-state index contributed by atoms with van der Waals surface area (Å²) in [6.45, 7) is 23.4. The normalized spacial score (nSPS) is 11.2. The number of rotatable bonds is 5. The summed E-state index contributed by atoms with van der Waals surface area (Å²) in [4.78, 5) is 10.7. The predicted octanol–water partition coefficient (Wildman–Crippen LogP) is 15.2. The van der Waals surface area contributed by atoms with Crippen LogP contribution in [0.15, 0.2) is 152 Å². The molecule has 0 saturated carbocycles. The second-order valence-electron chi connectivity index (χ2n) is 15.4. The average Bonchev–Trinajstić information content (AvgIpc) is 3.86.